The van der Waals surface area contributed by atoms with Crippen molar-refractivity contribution < 1.29 is 13.0 Å². The van der Waals surface area contributed by atoms with Crippen LogP contribution in [0.15, 0.2) is 0 Å². The first kappa shape index (κ1) is 11.0. The minimum absolute atomic E-state index is 0.152. The first-order valence-corrected chi connectivity index (χ1v) is 6.18. The van der Waals surface area contributed by atoms with Crippen LogP contribution in [0.4, 0.5) is 0 Å². The molecule has 0 aromatic rings. The van der Waals surface area contributed by atoms with E-state index in [1.165, 1.54) is 0 Å². The third-order valence-corrected chi connectivity index (χ3v) is 4.30. The van der Waals surface area contributed by atoms with Crippen molar-refractivity contribution in [3.63, 3.8) is 0 Å². The summed E-state index contributed by atoms with van der Waals surface area (Å²) < 4.78 is 30.6. The van der Waals surface area contributed by atoms with Crippen LogP contribution >= 0.6 is 0 Å². The van der Waals surface area contributed by atoms with Gasteiger partial charge in [0.15, 0.2) is 0 Å². The lowest BCUT2D eigenvalue weighted by Gasteiger charge is -2.26. The van der Waals surface area contributed by atoms with Crippen molar-refractivity contribution in [2.75, 3.05) is 0 Å². The summed E-state index contributed by atoms with van der Waals surface area (Å²) in [5.41, 5.74) is 0.152. The standard InChI is InChI=1S/C9H18O3S/c1-9(2,3)7-4-5-8(6-7)13(10,11)12/h7-8H,4-6H2,1-3H3,(H,10,11,12). The van der Waals surface area contributed by atoms with Gasteiger partial charge in [-0.05, 0) is 30.6 Å². The van der Waals surface area contributed by atoms with E-state index in [1.54, 1.807) is 0 Å². The smallest absolute Gasteiger partial charge is 0.267 e. The zero-order chi connectivity index (χ0) is 10.3. The second-order valence-corrected chi connectivity index (χ2v) is 6.71. The zero-order valence-corrected chi connectivity index (χ0v) is 9.26. The molecule has 0 amide bonds. The molecule has 0 aliphatic heterocycles. The zero-order valence-electron chi connectivity index (χ0n) is 8.45. The summed E-state index contributed by atoms with van der Waals surface area (Å²) in [6, 6.07) is 0. The molecular formula is C9H18O3S. The molecule has 1 fully saturated rings. The monoisotopic (exact) mass is 206 g/mol. The van der Waals surface area contributed by atoms with Crippen LogP contribution in [0.2, 0.25) is 0 Å². The quantitative estimate of drug-likeness (QED) is 0.668. The highest BCUT2D eigenvalue weighted by molar-refractivity contribution is 7.86. The Morgan fingerprint density at radius 2 is 1.77 bits per heavy atom. The molecule has 0 aromatic heterocycles. The van der Waals surface area contributed by atoms with Gasteiger partial charge in [0.25, 0.3) is 10.1 Å². The lowest BCUT2D eigenvalue weighted by molar-refractivity contribution is 0.246. The van der Waals surface area contributed by atoms with Crippen molar-refractivity contribution in [3.05, 3.63) is 0 Å². The Kier molecular flexibility index (Phi) is 2.74. The summed E-state index contributed by atoms with van der Waals surface area (Å²) in [6.07, 6.45) is 2.14. The predicted molar refractivity (Wildman–Crippen MR) is 52.1 cm³/mol. The van der Waals surface area contributed by atoms with Gasteiger partial charge in [0, 0.05) is 0 Å². The number of rotatable bonds is 1. The molecule has 1 N–H and O–H groups in total. The van der Waals surface area contributed by atoms with Gasteiger partial charge in [-0.2, -0.15) is 8.42 Å². The van der Waals surface area contributed by atoms with Gasteiger partial charge in [-0.15, -0.1) is 0 Å². The molecule has 1 aliphatic carbocycles. The fourth-order valence-electron chi connectivity index (χ4n) is 2.00. The molecule has 1 rings (SSSR count). The molecule has 0 saturated heterocycles. The van der Waals surface area contributed by atoms with Gasteiger partial charge in [0.2, 0.25) is 0 Å². The van der Waals surface area contributed by atoms with Gasteiger partial charge >= 0.3 is 0 Å². The molecule has 3 nitrogen and oxygen atoms in total. The molecule has 1 saturated carbocycles. The summed E-state index contributed by atoms with van der Waals surface area (Å²) in [4.78, 5) is 0. The maximum absolute atomic E-state index is 10.9. The summed E-state index contributed by atoms with van der Waals surface area (Å²) in [5.74, 6) is 0.416. The van der Waals surface area contributed by atoms with Gasteiger partial charge in [-0.1, -0.05) is 20.8 Å². The fraction of sp³-hybridized carbons (Fsp3) is 1.00. The average Bonchev–Trinajstić information content (AvgIpc) is 2.28. The lowest BCUT2D eigenvalue weighted by atomic mass is 9.80. The van der Waals surface area contributed by atoms with Gasteiger partial charge in [0.1, 0.15) is 0 Å². The Bertz CT molecular complexity index is 274. The molecule has 2 unspecified atom stereocenters. The Morgan fingerprint density at radius 1 is 1.23 bits per heavy atom. The lowest BCUT2D eigenvalue weighted by Crippen LogP contribution is -2.21. The first-order valence-electron chi connectivity index (χ1n) is 4.67. The van der Waals surface area contributed by atoms with E-state index in [4.69, 9.17) is 4.55 Å². The van der Waals surface area contributed by atoms with Crippen LogP contribution in [0.1, 0.15) is 40.0 Å². The minimum atomic E-state index is -3.80. The number of hydrogen-bond donors (Lipinski definition) is 1. The molecule has 4 heteroatoms. The maximum Gasteiger partial charge on any atom is 0.267 e. The fourth-order valence-corrected chi connectivity index (χ4v) is 2.91. The molecule has 2 atom stereocenters. The molecule has 0 heterocycles. The van der Waals surface area contributed by atoms with Crippen LogP contribution in [0.25, 0.3) is 0 Å². The Labute approximate surface area is 80.3 Å². The van der Waals surface area contributed by atoms with E-state index in [9.17, 15) is 8.42 Å². The molecule has 0 aromatic carbocycles. The SMILES string of the molecule is CC(C)(C)C1CCC(S(=O)(=O)O)C1. The van der Waals surface area contributed by atoms with Crippen molar-refractivity contribution in [1.29, 1.82) is 0 Å². The van der Waals surface area contributed by atoms with Crippen LogP contribution in [-0.2, 0) is 10.1 Å². The van der Waals surface area contributed by atoms with Crippen molar-refractivity contribution >= 4 is 10.1 Å². The van der Waals surface area contributed by atoms with Crippen molar-refractivity contribution in [3.8, 4) is 0 Å². The van der Waals surface area contributed by atoms with Crippen LogP contribution in [0, 0.1) is 11.3 Å². The van der Waals surface area contributed by atoms with E-state index in [-0.39, 0.29) is 5.41 Å². The Hall–Kier alpha value is -0.0900. The largest absolute Gasteiger partial charge is 0.285 e. The highest BCUT2D eigenvalue weighted by Gasteiger charge is 2.38. The number of hydrogen-bond acceptors (Lipinski definition) is 2. The molecular weight excluding hydrogens is 188 g/mol. The van der Waals surface area contributed by atoms with Crippen LogP contribution in [0.3, 0.4) is 0 Å². The van der Waals surface area contributed by atoms with Crippen LogP contribution in [0.5, 0.6) is 0 Å². The van der Waals surface area contributed by atoms with Crippen LogP contribution < -0.4 is 0 Å². The summed E-state index contributed by atoms with van der Waals surface area (Å²) in [5, 5.41) is -0.517. The summed E-state index contributed by atoms with van der Waals surface area (Å²) in [6.45, 7) is 6.35. The average molecular weight is 206 g/mol. The molecule has 0 radical (unpaired) electrons. The summed E-state index contributed by atoms with van der Waals surface area (Å²) in [7, 11) is -3.80. The van der Waals surface area contributed by atoms with E-state index in [2.05, 4.69) is 20.8 Å². The third kappa shape index (κ3) is 2.68. The van der Waals surface area contributed by atoms with Crippen molar-refractivity contribution in [2.45, 2.75) is 45.3 Å². The van der Waals surface area contributed by atoms with E-state index >= 15 is 0 Å². The normalized spacial score (nSPS) is 30.8. The molecule has 13 heavy (non-hydrogen) atoms. The van der Waals surface area contributed by atoms with Crippen molar-refractivity contribution in [2.24, 2.45) is 11.3 Å². The second kappa shape index (κ2) is 3.24. The van der Waals surface area contributed by atoms with Crippen LogP contribution in [-0.4, -0.2) is 18.2 Å². The van der Waals surface area contributed by atoms with Gasteiger partial charge in [0.05, 0.1) is 5.25 Å². The molecule has 1 aliphatic rings. The molecule has 0 spiro atoms. The molecule has 0 bridgehead atoms. The van der Waals surface area contributed by atoms with Gasteiger partial charge in [-0.25, -0.2) is 0 Å². The van der Waals surface area contributed by atoms with E-state index in [1.807, 2.05) is 0 Å². The van der Waals surface area contributed by atoms with E-state index < -0.39 is 15.4 Å². The summed E-state index contributed by atoms with van der Waals surface area (Å²) >= 11 is 0. The topological polar surface area (TPSA) is 54.4 Å². The van der Waals surface area contributed by atoms with Gasteiger partial charge in [-0.3, -0.25) is 4.55 Å². The second-order valence-electron chi connectivity index (χ2n) is 5.01. The van der Waals surface area contributed by atoms with E-state index in [0.717, 1.165) is 6.42 Å². The highest BCUT2D eigenvalue weighted by atomic mass is 32.2. The maximum atomic E-state index is 10.9. The molecule has 78 valence electrons. The minimum Gasteiger partial charge on any atom is -0.285 e. The Morgan fingerprint density at radius 3 is 2.00 bits per heavy atom. The Balaban J connectivity index is 2.66. The first-order chi connectivity index (χ1) is 5.71. The van der Waals surface area contributed by atoms with E-state index in [0.29, 0.717) is 18.8 Å². The van der Waals surface area contributed by atoms with Gasteiger partial charge < -0.3 is 0 Å². The predicted octanol–water partition coefficient (Wildman–Crippen LogP) is 2.09. The highest BCUT2D eigenvalue weighted by Crippen LogP contribution is 2.41. The van der Waals surface area contributed by atoms with Crippen molar-refractivity contribution in [1.82, 2.24) is 0 Å². The third-order valence-electron chi connectivity index (χ3n) is 3.03.